The molecular weight excluding hydrogens is 789 g/mol. The number of benzene rings is 6. The summed E-state index contributed by atoms with van der Waals surface area (Å²) in [4.78, 5) is 10.8. The lowest BCUT2D eigenvalue weighted by molar-refractivity contribution is 0.262. The van der Waals surface area contributed by atoms with Crippen LogP contribution in [0.1, 0.15) is 0 Å². The average Bonchev–Trinajstić information content (AvgIpc) is 3.10. The maximum Gasteiger partial charge on any atom is 0.323 e. The third-order valence-corrected chi connectivity index (χ3v) is 12.4. The van der Waals surface area contributed by atoms with Crippen LogP contribution in [0.15, 0.2) is 129 Å². The molecule has 17 nitrogen and oxygen atoms in total. The number of carbonyl (C=O) groups excluding carboxylic acids is 1. The van der Waals surface area contributed by atoms with Crippen LogP contribution in [0.4, 0.5) is 27.5 Å². The minimum Gasteiger partial charge on any atom is -0.507 e. The number of aromatic hydroxyl groups is 2. The van der Waals surface area contributed by atoms with Gasteiger partial charge in [0.2, 0.25) is 0 Å². The highest BCUT2D eigenvalue weighted by Crippen LogP contribution is 2.38. The molecule has 0 aliphatic rings. The maximum absolute atomic E-state index is 13.2. The highest BCUT2D eigenvalue weighted by molar-refractivity contribution is 7.93. The number of hydrogen-bond donors (Lipinski definition) is 8. The Morgan fingerprint density at radius 3 is 1.15 bits per heavy atom. The molecule has 0 heterocycles. The van der Waals surface area contributed by atoms with Crippen molar-refractivity contribution in [1.82, 2.24) is 0 Å². The van der Waals surface area contributed by atoms with E-state index in [1.165, 1.54) is 48.5 Å². The molecule has 0 bridgehead atoms. The Morgan fingerprint density at radius 1 is 0.463 bits per heavy atom. The average molecular weight is 815 g/mol. The number of phenols is 2. The third kappa shape index (κ3) is 7.71. The van der Waals surface area contributed by atoms with E-state index >= 15 is 0 Å². The van der Waals surface area contributed by atoms with E-state index < -0.39 is 56.1 Å². The summed E-state index contributed by atoms with van der Waals surface area (Å²) in [6.45, 7) is 0. The molecule has 21 heteroatoms. The summed E-state index contributed by atoms with van der Waals surface area (Å²) in [6, 6.07) is 20.7. The lowest BCUT2D eigenvalue weighted by atomic mass is 10.1. The van der Waals surface area contributed by atoms with Crippen molar-refractivity contribution in [2.45, 2.75) is 19.6 Å². The third-order valence-electron chi connectivity index (χ3n) is 7.85. The van der Waals surface area contributed by atoms with E-state index in [2.05, 4.69) is 20.1 Å². The predicted octanol–water partition coefficient (Wildman–Crippen LogP) is 5.14. The van der Waals surface area contributed by atoms with Crippen molar-refractivity contribution in [3.05, 3.63) is 109 Å². The zero-order valence-electron chi connectivity index (χ0n) is 27.0. The molecule has 0 spiro atoms. The van der Waals surface area contributed by atoms with Gasteiger partial charge in [0.05, 0.1) is 21.2 Å². The SMILES string of the molecule is O=C(Nc1ccc(S(=O)(=O)Nc2ccc(O)c3cccc(S(=O)(=O)O)c23)cc1)Nc1ccc(S(=O)(=O)Nc2ccc(O)c3cccc(S(=O)(=O)O)c23)cc1. The summed E-state index contributed by atoms with van der Waals surface area (Å²) >= 11 is 0. The van der Waals surface area contributed by atoms with Gasteiger partial charge in [0.15, 0.2) is 0 Å². The van der Waals surface area contributed by atoms with E-state index in [1.54, 1.807) is 0 Å². The van der Waals surface area contributed by atoms with Gasteiger partial charge in [0.1, 0.15) is 21.3 Å². The lowest BCUT2D eigenvalue weighted by Gasteiger charge is -2.14. The van der Waals surface area contributed by atoms with Crippen LogP contribution in [-0.4, -0.2) is 59.0 Å². The molecule has 54 heavy (non-hydrogen) atoms. The molecule has 8 N–H and O–H groups in total. The Balaban J connectivity index is 1.14. The highest BCUT2D eigenvalue weighted by atomic mass is 32.2. The molecule has 6 aromatic carbocycles. The molecule has 0 unspecified atom stereocenters. The molecule has 0 saturated carbocycles. The molecule has 0 fully saturated rings. The Bertz CT molecular complexity index is 2740. The molecule has 6 rings (SSSR count). The fourth-order valence-electron chi connectivity index (χ4n) is 5.45. The Labute approximate surface area is 307 Å². The molecule has 280 valence electrons. The van der Waals surface area contributed by atoms with Gasteiger partial charge >= 0.3 is 6.03 Å². The summed E-state index contributed by atoms with van der Waals surface area (Å²) in [6.07, 6.45) is 0. The van der Waals surface area contributed by atoms with Gasteiger partial charge in [0, 0.05) is 32.9 Å². The van der Waals surface area contributed by atoms with Crippen molar-refractivity contribution in [1.29, 1.82) is 0 Å². The number of urea groups is 1. The first-order chi connectivity index (χ1) is 25.2. The van der Waals surface area contributed by atoms with E-state index in [9.17, 15) is 57.8 Å². The predicted molar refractivity (Wildman–Crippen MR) is 198 cm³/mol. The molecule has 0 aromatic heterocycles. The second kappa shape index (κ2) is 13.8. The molecule has 0 radical (unpaired) electrons. The number of nitrogens with one attached hydrogen (secondary N) is 4. The van der Waals surface area contributed by atoms with Gasteiger partial charge in [-0.3, -0.25) is 18.5 Å². The first-order valence-electron chi connectivity index (χ1n) is 15.0. The topological polar surface area (TPSA) is 283 Å². The number of amides is 2. The van der Waals surface area contributed by atoms with Crippen LogP contribution < -0.4 is 20.1 Å². The number of anilines is 4. The van der Waals surface area contributed by atoms with Gasteiger partial charge < -0.3 is 20.8 Å². The van der Waals surface area contributed by atoms with Gasteiger partial charge in [-0.2, -0.15) is 16.8 Å². The number of fused-ring (bicyclic) bond motifs is 2. The van der Waals surface area contributed by atoms with Crippen LogP contribution in [0.3, 0.4) is 0 Å². The van der Waals surface area contributed by atoms with E-state index in [-0.39, 0.29) is 65.6 Å². The van der Waals surface area contributed by atoms with Gasteiger partial charge in [-0.15, -0.1) is 0 Å². The Morgan fingerprint density at radius 2 is 0.815 bits per heavy atom. The Kier molecular flexibility index (Phi) is 9.64. The van der Waals surface area contributed by atoms with Crippen molar-refractivity contribution in [2.24, 2.45) is 0 Å². The lowest BCUT2D eigenvalue weighted by Crippen LogP contribution is -2.20. The van der Waals surface area contributed by atoms with E-state index in [1.807, 2.05) is 0 Å². The normalized spacial score (nSPS) is 12.3. The zero-order chi connectivity index (χ0) is 39.2. The molecule has 2 amide bonds. The summed E-state index contributed by atoms with van der Waals surface area (Å²) in [5, 5.41) is 24.8. The second-order valence-electron chi connectivity index (χ2n) is 11.4. The van der Waals surface area contributed by atoms with Gasteiger partial charge in [-0.05, 0) is 84.9 Å². The summed E-state index contributed by atoms with van der Waals surface area (Å²) < 4.78 is 125. The smallest absolute Gasteiger partial charge is 0.323 e. The minimum atomic E-state index is -4.82. The molecule has 0 atom stereocenters. The fraction of sp³-hybridized carbons (Fsp3) is 0. The first kappa shape index (κ1) is 37.8. The largest absolute Gasteiger partial charge is 0.507 e. The van der Waals surface area contributed by atoms with Crippen molar-refractivity contribution in [3.8, 4) is 11.5 Å². The summed E-state index contributed by atoms with van der Waals surface area (Å²) in [5.74, 6) is -0.715. The molecule has 0 aliphatic heterocycles. The van der Waals surface area contributed by atoms with E-state index in [0.717, 1.165) is 60.7 Å². The van der Waals surface area contributed by atoms with Crippen LogP contribution >= 0.6 is 0 Å². The van der Waals surface area contributed by atoms with Gasteiger partial charge in [0.25, 0.3) is 40.3 Å². The number of phenolic OH excluding ortho intramolecular Hbond substituents is 2. The fourth-order valence-corrected chi connectivity index (χ4v) is 9.05. The Hall–Kier alpha value is -5.97. The molecular formula is C33H26N4O13S4. The summed E-state index contributed by atoms with van der Waals surface area (Å²) in [7, 11) is -18.4. The van der Waals surface area contributed by atoms with Crippen LogP contribution in [-0.2, 0) is 40.3 Å². The number of hydrogen-bond acceptors (Lipinski definition) is 11. The van der Waals surface area contributed by atoms with Crippen LogP contribution in [0, 0.1) is 0 Å². The summed E-state index contributed by atoms with van der Waals surface area (Å²) in [5.41, 5.74) is -0.201. The highest BCUT2D eigenvalue weighted by Gasteiger charge is 2.24. The zero-order valence-corrected chi connectivity index (χ0v) is 30.3. The molecule has 6 aromatic rings. The van der Waals surface area contributed by atoms with Crippen LogP contribution in [0.5, 0.6) is 11.5 Å². The van der Waals surface area contributed by atoms with Crippen LogP contribution in [0.2, 0.25) is 0 Å². The van der Waals surface area contributed by atoms with Crippen LogP contribution in [0.25, 0.3) is 21.5 Å². The molecule has 0 saturated heterocycles. The minimum absolute atomic E-state index is 0.0384. The van der Waals surface area contributed by atoms with E-state index in [0.29, 0.717) is 0 Å². The second-order valence-corrected chi connectivity index (χ2v) is 17.6. The molecule has 0 aliphatic carbocycles. The monoisotopic (exact) mass is 814 g/mol. The van der Waals surface area contributed by atoms with Crippen molar-refractivity contribution in [3.63, 3.8) is 0 Å². The van der Waals surface area contributed by atoms with Crippen molar-refractivity contribution >= 4 is 90.6 Å². The van der Waals surface area contributed by atoms with Gasteiger partial charge in [-0.25, -0.2) is 21.6 Å². The van der Waals surface area contributed by atoms with Gasteiger partial charge in [-0.1, -0.05) is 24.3 Å². The number of carbonyl (C=O) groups is 1. The standard InChI is InChI=1S/C33H26N4O13S4/c38-27-17-15-25(31-23(27)3-1-5-29(31)53(45,46)47)36-51(41,42)21-11-7-19(8-12-21)34-33(40)35-20-9-13-22(14-10-20)52(43,44)37-26-16-18-28(39)24-4-2-6-30(32(24)26)54(48,49)50/h1-18,36-39H,(H2,34,35,40)(H,45,46,47)(H,48,49,50). The first-order valence-corrected chi connectivity index (χ1v) is 20.9. The van der Waals surface area contributed by atoms with Crippen molar-refractivity contribution in [2.75, 3.05) is 20.1 Å². The van der Waals surface area contributed by atoms with E-state index in [4.69, 9.17) is 0 Å². The number of sulfonamides is 2. The van der Waals surface area contributed by atoms with Crippen molar-refractivity contribution < 1.29 is 57.8 Å². The quantitative estimate of drug-likeness (QED) is 0.0657. The maximum atomic E-state index is 13.2. The number of rotatable bonds is 10.